The van der Waals surface area contributed by atoms with Gasteiger partial charge in [-0.25, -0.2) is 18.6 Å². The molecule has 0 saturated carbocycles. The molecule has 0 spiro atoms. The summed E-state index contributed by atoms with van der Waals surface area (Å²) in [5.41, 5.74) is 2.79. The number of aromatic nitrogens is 2. The summed E-state index contributed by atoms with van der Waals surface area (Å²) in [6.07, 6.45) is 1.35. The minimum Gasteiger partial charge on any atom is -0.463 e. The van der Waals surface area contributed by atoms with Crippen LogP contribution >= 0.6 is 0 Å². The van der Waals surface area contributed by atoms with Crippen LogP contribution in [0.1, 0.15) is 38.3 Å². The van der Waals surface area contributed by atoms with Gasteiger partial charge in [0, 0.05) is 11.8 Å². The van der Waals surface area contributed by atoms with Crippen molar-refractivity contribution in [3.8, 4) is 0 Å². The van der Waals surface area contributed by atoms with Crippen LogP contribution in [0.5, 0.6) is 0 Å². The predicted octanol–water partition coefficient (Wildman–Crippen LogP) is 4.95. The molecule has 2 aromatic carbocycles. The molecule has 0 fully saturated rings. The molecule has 1 aliphatic heterocycles. The Morgan fingerprint density at radius 1 is 1.17 bits per heavy atom. The lowest BCUT2D eigenvalue weighted by molar-refractivity contribution is -0.139. The maximum atomic E-state index is 14.1. The Balaban J connectivity index is 2.02. The number of ether oxygens (including phenoxy) is 1. The second-order valence-electron chi connectivity index (χ2n) is 6.89. The molecule has 150 valence electrons. The first-order valence-electron chi connectivity index (χ1n) is 9.63. The second-order valence-corrected chi connectivity index (χ2v) is 6.89. The number of carbonyl (C=O) groups is 1. The predicted molar refractivity (Wildman–Crippen MR) is 106 cm³/mol. The molecular weight excluding hydrogens is 376 g/mol. The van der Waals surface area contributed by atoms with Gasteiger partial charge in [-0.2, -0.15) is 0 Å². The maximum absolute atomic E-state index is 14.1. The molecule has 29 heavy (non-hydrogen) atoms. The Labute approximate surface area is 167 Å². The normalized spacial score (nSPS) is 15.9. The van der Waals surface area contributed by atoms with Crippen LogP contribution in [0.3, 0.4) is 0 Å². The van der Waals surface area contributed by atoms with Crippen molar-refractivity contribution in [2.24, 2.45) is 0 Å². The third kappa shape index (κ3) is 3.37. The number of hydrogen-bond donors (Lipinski definition) is 1. The van der Waals surface area contributed by atoms with Crippen molar-refractivity contribution in [1.29, 1.82) is 0 Å². The molecule has 7 heteroatoms. The van der Waals surface area contributed by atoms with E-state index in [1.54, 1.807) is 11.5 Å². The van der Waals surface area contributed by atoms with E-state index in [-0.39, 0.29) is 6.61 Å². The minimum atomic E-state index is -0.760. The fourth-order valence-electron chi connectivity index (χ4n) is 3.83. The van der Waals surface area contributed by atoms with E-state index in [0.717, 1.165) is 23.5 Å². The van der Waals surface area contributed by atoms with Crippen LogP contribution in [-0.4, -0.2) is 22.1 Å². The molecule has 0 saturated heterocycles. The number of anilines is 1. The molecule has 0 bridgehead atoms. The minimum absolute atomic E-state index is 0.198. The summed E-state index contributed by atoms with van der Waals surface area (Å²) < 4.78 is 35.3. The Hall–Kier alpha value is -3.22. The average molecular weight is 397 g/mol. The summed E-state index contributed by atoms with van der Waals surface area (Å²) >= 11 is 0. The SMILES string of the molecule is CCCC1=C(C(=O)OCC)C(c2cc(F)cc(F)c2)n2c(nc3ccccc32)N1. The number of esters is 1. The van der Waals surface area contributed by atoms with E-state index < -0.39 is 23.6 Å². The molecule has 1 aliphatic rings. The van der Waals surface area contributed by atoms with Crippen LogP contribution in [0, 0.1) is 11.6 Å². The average Bonchev–Trinajstić information content (AvgIpc) is 3.04. The highest BCUT2D eigenvalue weighted by Crippen LogP contribution is 2.40. The van der Waals surface area contributed by atoms with Gasteiger partial charge in [-0.1, -0.05) is 25.5 Å². The van der Waals surface area contributed by atoms with E-state index >= 15 is 0 Å². The Morgan fingerprint density at radius 3 is 2.59 bits per heavy atom. The number of nitrogens with zero attached hydrogens (tertiary/aromatic N) is 2. The quantitative estimate of drug-likeness (QED) is 0.619. The summed E-state index contributed by atoms with van der Waals surface area (Å²) in [7, 11) is 0. The second kappa shape index (κ2) is 7.66. The van der Waals surface area contributed by atoms with Crippen LogP contribution in [0.4, 0.5) is 14.7 Å². The van der Waals surface area contributed by atoms with Gasteiger partial charge in [0.15, 0.2) is 0 Å². The van der Waals surface area contributed by atoms with Crippen molar-refractivity contribution in [3.05, 3.63) is 70.9 Å². The van der Waals surface area contributed by atoms with Crippen molar-refractivity contribution in [3.63, 3.8) is 0 Å². The van der Waals surface area contributed by atoms with Gasteiger partial charge in [0.2, 0.25) is 5.95 Å². The summed E-state index contributed by atoms with van der Waals surface area (Å²) in [4.78, 5) is 17.6. The van der Waals surface area contributed by atoms with E-state index in [2.05, 4.69) is 10.3 Å². The smallest absolute Gasteiger partial charge is 0.338 e. The van der Waals surface area contributed by atoms with Crippen LogP contribution in [0.25, 0.3) is 11.0 Å². The summed E-state index contributed by atoms with van der Waals surface area (Å²) in [6.45, 7) is 3.92. The van der Waals surface area contributed by atoms with Crippen molar-refractivity contribution >= 4 is 23.0 Å². The lowest BCUT2D eigenvalue weighted by Crippen LogP contribution is -2.30. The largest absolute Gasteiger partial charge is 0.463 e. The first-order valence-corrected chi connectivity index (χ1v) is 9.63. The number of rotatable bonds is 5. The van der Waals surface area contributed by atoms with E-state index in [1.807, 2.05) is 31.2 Å². The van der Waals surface area contributed by atoms with E-state index in [0.29, 0.717) is 29.2 Å². The zero-order valence-corrected chi connectivity index (χ0v) is 16.2. The van der Waals surface area contributed by atoms with Crippen LogP contribution < -0.4 is 5.32 Å². The van der Waals surface area contributed by atoms with Crippen LogP contribution in [0.2, 0.25) is 0 Å². The van der Waals surface area contributed by atoms with Crippen molar-refractivity contribution in [2.75, 3.05) is 11.9 Å². The monoisotopic (exact) mass is 397 g/mol. The highest BCUT2D eigenvalue weighted by Gasteiger charge is 2.36. The van der Waals surface area contributed by atoms with E-state index in [1.165, 1.54) is 12.1 Å². The van der Waals surface area contributed by atoms with Crippen molar-refractivity contribution in [2.45, 2.75) is 32.7 Å². The summed E-state index contributed by atoms with van der Waals surface area (Å²) in [5.74, 6) is -1.39. The summed E-state index contributed by atoms with van der Waals surface area (Å²) in [6, 6.07) is 10.0. The highest BCUT2D eigenvalue weighted by atomic mass is 19.1. The number of imidazole rings is 1. The Bertz CT molecular complexity index is 1100. The van der Waals surface area contributed by atoms with Gasteiger partial charge in [-0.15, -0.1) is 0 Å². The van der Waals surface area contributed by atoms with Crippen LogP contribution in [-0.2, 0) is 9.53 Å². The lowest BCUT2D eigenvalue weighted by Gasteiger charge is -2.31. The number of allylic oxidation sites excluding steroid dienone is 1. The molecule has 0 amide bonds. The van der Waals surface area contributed by atoms with E-state index in [4.69, 9.17) is 4.74 Å². The molecule has 1 unspecified atom stereocenters. The number of para-hydroxylation sites is 2. The standard InChI is InChI=1S/C22H21F2N3O2/c1-3-7-17-19(21(28)29-4-2)20(13-10-14(23)12-15(24)11-13)27-18-9-6-5-8-16(18)25-22(27)26-17/h5-6,8-12,20H,3-4,7H2,1-2H3,(H,25,26). The number of benzene rings is 2. The van der Waals surface area contributed by atoms with Gasteiger partial charge < -0.3 is 10.1 Å². The van der Waals surface area contributed by atoms with Gasteiger partial charge in [-0.05, 0) is 43.2 Å². The Kier molecular flexibility index (Phi) is 5.05. The van der Waals surface area contributed by atoms with Gasteiger partial charge in [-0.3, -0.25) is 4.57 Å². The molecule has 5 nitrogen and oxygen atoms in total. The molecule has 1 N–H and O–H groups in total. The van der Waals surface area contributed by atoms with Gasteiger partial charge in [0.25, 0.3) is 0 Å². The molecular formula is C22H21F2N3O2. The lowest BCUT2D eigenvalue weighted by atomic mass is 9.93. The number of hydrogen-bond acceptors (Lipinski definition) is 4. The molecule has 0 aliphatic carbocycles. The molecule has 1 aromatic heterocycles. The molecule has 4 rings (SSSR count). The molecule has 1 atom stereocenters. The van der Waals surface area contributed by atoms with Crippen molar-refractivity contribution < 1.29 is 18.3 Å². The number of halogens is 2. The Morgan fingerprint density at radius 2 is 1.90 bits per heavy atom. The topological polar surface area (TPSA) is 56.2 Å². The van der Waals surface area contributed by atoms with Gasteiger partial charge >= 0.3 is 5.97 Å². The first-order chi connectivity index (χ1) is 14.0. The number of carbonyl (C=O) groups excluding carboxylic acids is 1. The van der Waals surface area contributed by atoms with Gasteiger partial charge in [0.1, 0.15) is 11.6 Å². The fraction of sp³-hybridized carbons (Fsp3) is 0.273. The number of fused-ring (bicyclic) bond motifs is 3. The van der Waals surface area contributed by atoms with Gasteiger partial charge in [0.05, 0.1) is 29.3 Å². The summed E-state index contributed by atoms with van der Waals surface area (Å²) in [5, 5.41) is 3.25. The fourth-order valence-corrected chi connectivity index (χ4v) is 3.83. The van der Waals surface area contributed by atoms with Crippen LogP contribution in [0.15, 0.2) is 53.7 Å². The zero-order valence-electron chi connectivity index (χ0n) is 16.2. The molecule has 0 radical (unpaired) electrons. The zero-order chi connectivity index (χ0) is 20.5. The van der Waals surface area contributed by atoms with E-state index in [9.17, 15) is 13.6 Å². The molecule has 2 heterocycles. The third-order valence-electron chi connectivity index (χ3n) is 4.91. The highest BCUT2D eigenvalue weighted by molar-refractivity contribution is 5.94. The van der Waals surface area contributed by atoms with Crippen molar-refractivity contribution in [1.82, 2.24) is 9.55 Å². The molecule has 3 aromatic rings. The maximum Gasteiger partial charge on any atom is 0.338 e. The first kappa shape index (κ1) is 19.1. The number of nitrogens with one attached hydrogen (secondary N) is 1. The third-order valence-corrected chi connectivity index (χ3v) is 4.91.